The van der Waals surface area contributed by atoms with Gasteiger partial charge in [-0.3, -0.25) is 19.2 Å². The molecule has 9 heteroatoms. The van der Waals surface area contributed by atoms with E-state index in [0.717, 1.165) is 32.1 Å². The predicted molar refractivity (Wildman–Crippen MR) is 140 cm³/mol. The number of nitrogens with one attached hydrogen (secondary N) is 2. The third-order valence-electron chi connectivity index (χ3n) is 8.52. The molecule has 3 fully saturated rings. The Labute approximate surface area is 219 Å². The summed E-state index contributed by atoms with van der Waals surface area (Å²) in [7, 11) is 0. The van der Waals surface area contributed by atoms with E-state index in [0.29, 0.717) is 56.9 Å². The van der Waals surface area contributed by atoms with E-state index in [4.69, 9.17) is 0 Å². The van der Waals surface area contributed by atoms with Gasteiger partial charge in [-0.1, -0.05) is 20.8 Å². The van der Waals surface area contributed by atoms with Crippen LogP contribution in [0.15, 0.2) is 16.9 Å². The molecule has 5 atom stereocenters. The zero-order valence-corrected chi connectivity index (χ0v) is 22.6. The standard InChI is InChI=1S/C28H43N5O4/c1-18(2)23-10-7-19(3)13-28(37)33-16-20-14-21(24(33)5-4-6-25(34)29-23)17-32(15-20)27(36)12-9-22-8-11-26(35)31-30-22/h8,11,18-21,23-24H,4-7,9-10,12-17H2,1-3H3,(H,29,34)(H,31,35)/t19-,20+,21-,23+,24+/m1/s1. The minimum atomic E-state index is -0.252. The lowest BCUT2D eigenvalue weighted by atomic mass is 9.77. The largest absolute Gasteiger partial charge is 0.353 e. The Balaban J connectivity index is 1.43. The maximum atomic E-state index is 13.5. The average Bonchev–Trinajstić information content (AvgIpc) is 2.87. The first-order valence-corrected chi connectivity index (χ1v) is 14.1. The van der Waals surface area contributed by atoms with Crippen molar-refractivity contribution in [1.82, 2.24) is 25.3 Å². The van der Waals surface area contributed by atoms with E-state index in [-0.39, 0.29) is 53.1 Å². The Bertz CT molecular complexity index is 1000. The fraction of sp³-hybridized carbons (Fsp3) is 0.750. The first-order chi connectivity index (χ1) is 17.7. The van der Waals surface area contributed by atoms with Crippen LogP contribution in [0.4, 0.5) is 0 Å². The van der Waals surface area contributed by atoms with Crippen molar-refractivity contribution in [3.63, 3.8) is 0 Å². The summed E-state index contributed by atoms with van der Waals surface area (Å²) in [6.45, 7) is 8.46. The highest BCUT2D eigenvalue weighted by molar-refractivity contribution is 5.78. The number of piperidine rings is 2. The summed E-state index contributed by atoms with van der Waals surface area (Å²) in [5.41, 5.74) is 0.446. The molecule has 9 nitrogen and oxygen atoms in total. The molecular formula is C28H43N5O4. The minimum Gasteiger partial charge on any atom is -0.353 e. The molecule has 0 saturated carbocycles. The number of aryl methyl sites for hydroxylation is 1. The number of rotatable bonds is 4. The lowest BCUT2D eigenvalue weighted by Gasteiger charge is -2.51. The second kappa shape index (κ2) is 12.2. The van der Waals surface area contributed by atoms with E-state index >= 15 is 0 Å². The van der Waals surface area contributed by atoms with Gasteiger partial charge < -0.3 is 15.1 Å². The molecular weight excluding hydrogens is 470 g/mol. The molecule has 3 aliphatic rings. The Morgan fingerprint density at radius 2 is 1.92 bits per heavy atom. The molecule has 3 aliphatic heterocycles. The van der Waals surface area contributed by atoms with Crippen LogP contribution in [0, 0.1) is 23.7 Å². The second-order valence-corrected chi connectivity index (χ2v) is 11.9. The van der Waals surface area contributed by atoms with Gasteiger partial charge in [0.1, 0.15) is 0 Å². The maximum absolute atomic E-state index is 13.5. The molecule has 3 saturated heterocycles. The van der Waals surface area contributed by atoms with Crippen LogP contribution in [0.5, 0.6) is 0 Å². The smallest absolute Gasteiger partial charge is 0.264 e. The van der Waals surface area contributed by atoms with Gasteiger partial charge in [-0.15, -0.1) is 0 Å². The lowest BCUT2D eigenvalue weighted by molar-refractivity contribution is -0.146. The normalized spacial score (nSPS) is 29.6. The Kier molecular flexibility index (Phi) is 9.03. The number of nitrogens with zero attached hydrogens (tertiary/aromatic N) is 3. The van der Waals surface area contributed by atoms with Crippen LogP contribution in [0.3, 0.4) is 0 Å². The molecule has 0 radical (unpaired) electrons. The first kappa shape index (κ1) is 27.3. The summed E-state index contributed by atoms with van der Waals surface area (Å²) in [4.78, 5) is 54.6. The number of amides is 3. The number of carbonyl (C=O) groups is 3. The molecule has 204 valence electrons. The number of carbonyl (C=O) groups excluding carboxylic acids is 3. The van der Waals surface area contributed by atoms with Gasteiger partial charge in [0.25, 0.3) is 5.56 Å². The molecule has 0 aromatic carbocycles. The van der Waals surface area contributed by atoms with Gasteiger partial charge in [-0.2, -0.15) is 5.10 Å². The van der Waals surface area contributed by atoms with Gasteiger partial charge in [0.2, 0.25) is 17.7 Å². The first-order valence-electron chi connectivity index (χ1n) is 14.1. The zero-order chi connectivity index (χ0) is 26.5. The average molecular weight is 514 g/mol. The zero-order valence-electron chi connectivity index (χ0n) is 22.6. The number of aromatic nitrogens is 2. The predicted octanol–water partition coefficient (Wildman–Crippen LogP) is 2.51. The highest BCUT2D eigenvalue weighted by Crippen LogP contribution is 2.36. The molecule has 0 aliphatic carbocycles. The van der Waals surface area contributed by atoms with Crippen LogP contribution < -0.4 is 10.9 Å². The van der Waals surface area contributed by atoms with Crippen molar-refractivity contribution in [1.29, 1.82) is 0 Å². The molecule has 4 heterocycles. The Morgan fingerprint density at radius 3 is 2.65 bits per heavy atom. The second-order valence-electron chi connectivity index (χ2n) is 11.9. The molecule has 0 unspecified atom stereocenters. The van der Waals surface area contributed by atoms with Crippen molar-refractivity contribution in [2.45, 2.75) is 90.6 Å². The summed E-state index contributed by atoms with van der Waals surface area (Å²) in [5, 5.41) is 9.67. The minimum absolute atomic E-state index is 0.0712. The van der Waals surface area contributed by atoms with Crippen LogP contribution in [-0.4, -0.2) is 69.4 Å². The number of hydrogen-bond acceptors (Lipinski definition) is 5. The van der Waals surface area contributed by atoms with Crippen molar-refractivity contribution >= 4 is 17.7 Å². The van der Waals surface area contributed by atoms with Crippen LogP contribution >= 0.6 is 0 Å². The molecule has 37 heavy (non-hydrogen) atoms. The van der Waals surface area contributed by atoms with Gasteiger partial charge in [0.05, 0.1) is 5.69 Å². The van der Waals surface area contributed by atoms with Gasteiger partial charge in [-0.25, -0.2) is 5.10 Å². The van der Waals surface area contributed by atoms with Crippen molar-refractivity contribution in [2.24, 2.45) is 23.7 Å². The van der Waals surface area contributed by atoms with Crippen molar-refractivity contribution in [2.75, 3.05) is 19.6 Å². The summed E-state index contributed by atoms with van der Waals surface area (Å²) >= 11 is 0. The summed E-state index contributed by atoms with van der Waals surface area (Å²) in [5.74, 6) is 1.59. The monoisotopic (exact) mass is 513 g/mol. The third kappa shape index (κ3) is 7.20. The van der Waals surface area contributed by atoms with Gasteiger partial charge in [0.15, 0.2) is 0 Å². The topological polar surface area (TPSA) is 115 Å². The van der Waals surface area contributed by atoms with Gasteiger partial charge in [0, 0.05) is 63.5 Å². The maximum Gasteiger partial charge on any atom is 0.264 e. The van der Waals surface area contributed by atoms with E-state index in [9.17, 15) is 19.2 Å². The molecule has 1 aromatic rings. The molecule has 2 bridgehead atoms. The van der Waals surface area contributed by atoms with Crippen molar-refractivity contribution in [3.05, 3.63) is 28.2 Å². The lowest BCUT2D eigenvalue weighted by Crippen LogP contribution is -2.60. The van der Waals surface area contributed by atoms with Crippen LogP contribution in [-0.2, 0) is 20.8 Å². The molecule has 1 aromatic heterocycles. The number of fused-ring (bicyclic) bond motifs is 4. The third-order valence-corrected chi connectivity index (χ3v) is 8.52. The summed E-state index contributed by atoms with van der Waals surface area (Å²) < 4.78 is 0. The summed E-state index contributed by atoms with van der Waals surface area (Å²) in [6.07, 6.45) is 6.24. The number of likely N-dealkylation sites (tertiary alicyclic amines) is 1. The van der Waals surface area contributed by atoms with Crippen LogP contribution in [0.1, 0.15) is 77.8 Å². The Morgan fingerprint density at radius 1 is 1.11 bits per heavy atom. The number of hydrogen-bond donors (Lipinski definition) is 2. The highest BCUT2D eigenvalue weighted by atomic mass is 16.2. The van der Waals surface area contributed by atoms with Crippen LogP contribution in [0.2, 0.25) is 0 Å². The van der Waals surface area contributed by atoms with E-state index in [1.165, 1.54) is 6.07 Å². The van der Waals surface area contributed by atoms with E-state index < -0.39 is 0 Å². The van der Waals surface area contributed by atoms with Crippen molar-refractivity contribution < 1.29 is 14.4 Å². The molecule has 2 N–H and O–H groups in total. The SMILES string of the molecule is CC(C)[C@@H]1CC[C@@H](C)CC(=O)N2C[C@H]3C[C@H](CN(C(=O)CCc4ccc(=O)[nH]n4)C3)[C@@H]2CCCC(=O)N1. The van der Waals surface area contributed by atoms with Crippen molar-refractivity contribution in [3.8, 4) is 0 Å². The fourth-order valence-corrected chi connectivity index (χ4v) is 6.42. The number of aromatic amines is 1. The fourth-order valence-electron chi connectivity index (χ4n) is 6.42. The van der Waals surface area contributed by atoms with Gasteiger partial charge >= 0.3 is 0 Å². The highest BCUT2D eigenvalue weighted by Gasteiger charge is 2.43. The van der Waals surface area contributed by atoms with E-state index in [1.54, 1.807) is 6.07 Å². The molecule has 0 spiro atoms. The van der Waals surface area contributed by atoms with Gasteiger partial charge in [-0.05, 0) is 61.8 Å². The molecule has 3 amide bonds. The summed E-state index contributed by atoms with van der Waals surface area (Å²) in [6, 6.07) is 3.31. The van der Waals surface area contributed by atoms with E-state index in [2.05, 4.69) is 41.2 Å². The quantitative estimate of drug-likeness (QED) is 0.642. The van der Waals surface area contributed by atoms with Crippen LogP contribution in [0.25, 0.3) is 0 Å². The Hall–Kier alpha value is -2.71. The molecule has 4 rings (SSSR count). The van der Waals surface area contributed by atoms with E-state index in [1.807, 2.05) is 4.90 Å². The number of H-pyrrole nitrogens is 1.